The third-order valence-electron chi connectivity index (χ3n) is 4.24. The molecular formula is C12H22N2O5S. The predicted octanol–water partition coefficient (Wildman–Crippen LogP) is -0.427. The number of rotatable bonds is 4. The fourth-order valence-electron chi connectivity index (χ4n) is 2.65. The molecule has 116 valence electrons. The predicted molar refractivity (Wildman–Crippen MR) is 72.0 cm³/mol. The van der Waals surface area contributed by atoms with Crippen molar-refractivity contribution in [3.8, 4) is 0 Å². The minimum absolute atomic E-state index is 0.156. The number of hydrogen-bond acceptors (Lipinski definition) is 5. The lowest BCUT2D eigenvalue weighted by Crippen LogP contribution is -2.65. The van der Waals surface area contributed by atoms with Crippen LogP contribution < -0.4 is 0 Å². The number of carbonyl (C=O) groups is 1. The van der Waals surface area contributed by atoms with E-state index in [0.717, 1.165) is 0 Å². The number of esters is 1. The van der Waals surface area contributed by atoms with E-state index in [4.69, 9.17) is 0 Å². The van der Waals surface area contributed by atoms with Gasteiger partial charge in [0.25, 0.3) is 10.2 Å². The summed E-state index contributed by atoms with van der Waals surface area (Å²) in [5.74, 6) is -0.484. The van der Waals surface area contributed by atoms with Gasteiger partial charge >= 0.3 is 5.97 Å². The molecule has 0 amide bonds. The molecule has 2 saturated heterocycles. The van der Waals surface area contributed by atoms with Gasteiger partial charge in [0, 0.05) is 26.2 Å². The number of ether oxygens (including phenoxy) is 1. The van der Waals surface area contributed by atoms with Gasteiger partial charge < -0.3 is 9.84 Å². The second kappa shape index (κ2) is 5.59. The Kier molecular flexibility index (Phi) is 4.38. The average molecular weight is 306 g/mol. The van der Waals surface area contributed by atoms with Crippen molar-refractivity contribution in [3.05, 3.63) is 0 Å². The Hall–Kier alpha value is -0.700. The van der Waals surface area contributed by atoms with Crippen LogP contribution in [0.5, 0.6) is 0 Å². The molecule has 0 radical (unpaired) electrons. The maximum absolute atomic E-state index is 12.3. The van der Waals surface area contributed by atoms with E-state index in [9.17, 15) is 18.3 Å². The summed E-state index contributed by atoms with van der Waals surface area (Å²) in [4.78, 5) is 11.4. The van der Waals surface area contributed by atoms with Crippen LogP contribution in [0, 0.1) is 5.92 Å². The number of hydrogen-bond donors (Lipinski definition) is 1. The Morgan fingerprint density at radius 1 is 1.30 bits per heavy atom. The van der Waals surface area contributed by atoms with Crippen molar-refractivity contribution in [3.63, 3.8) is 0 Å². The molecule has 0 spiro atoms. The molecule has 1 N–H and O–H groups in total. The van der Waals surface area contributed by atoms with E-state index in [1.807, 2.05) is 6.92 Å². The summed E-state index contributed by atoms with van der Waals surface area (Å²) in [7, 11) is -2.16. The molecule has 0 unspecified atom stereocenters. The van der Waals surface area contributed by atoms with E-state index < -0.39 is 15.8 Å². The summed E-state index contributed by atoms with van der Waals surface area (Å²) in [6, 6.07) is 0. The maximum Gasteiger partial charge on any atom is 0.308 e. The van der Waals surface area contributed by atoms with Crippen LogP contribution in [0.25, 0.3) is 0 Å². The molecule has 0 aromatic heterocycles. The molecule has 2 fully saturated rings. The van der Waals surface area contributed by atoms with Gasteiger partial charge in [-0.1, -0.05) is 6.92 Å². The largest absolute Gasteiger partial charge is 0.469 e. The summed E-state index contributed by atoms with van der Waals surface area (Å²) in [6.45, 7) is 2.80. The van der Waals surface area contributed by atoms with Crippen LogP contribution in [0.4, 0.5) is 0 Å². The van der Waals surface area contributed by atoms with Crippen LogP contribution >= 0.6 is 0 Å². The van der Waals surface area contributed by atoms with Gasteiger partial charge in [-0.15, -0.1) is 0 Å². The van der Waals surface area contributed by atoms with Crippen LogP contribution in [0.2, 0.25) is 0 Å². The van der Waals surface area contributed by atoms with Gasteiger partial charge in [-0.05, 0) is 19.3 Å². The van der Waals surface area contributed by atoms with Crippen molar-refractivity contribution in [2.24, 2.45) is 5.92 Å². The van der Waals surface area contributed by atoms with Crippen molar-refractivity contribution in [1.82, 2.24) is 8.61 Å². The Bertz CT molecular complexity index is 464. The molecular weight excluding hydrogens is 284 g/mol. The average Bonchev–Trinajstić information content (AvgIpc) is 2.43. The first-order valence-corrected chi connectivity index (χ1v) is 8.27. The lowest BCUT2D eigenvalue weighted by Gasteiger charge is -2.47. The standard InChI is InChI=1S/C12H22N2O5S/c1-3-12(16)8-14(9-12)20(17,18)13-6-4-10(5-7-13)11(15)19-2/h10,16H,3-9H2,1-2H3. The number of aliphatic hydroxyl groups is 1. The van der Waals surface area contributed by atoms with Crippen molar-refractivity contribution in [1.29, 1.82) is 0 Å². The molecule has 2 rings (SSSR count). The molecule has 0 saturated carbocycles. The van der Waals surface area contributed by atoms with Crippen LogP contribution in [-0.2, 0) is 19.7 Å². The lowest BCUT2D eigenvalue weighted by molar-refractivity contribution is -0.146. The van der Waals surface area contributed by atoms with Gasteiger partial charge in [0.15, 0.2) is 0 Å². The monoisotopic (exact) mass is 306 g/mol. The first kappa shape index (κ1) is 15.7. The fraction of sp³-hybridized carbons (Fsp3) is 0.917. The zero-order chi connectivity index (χ0) is 15.0. The summed E-state index contributed by atoms with van der Waals surface area (Å²) in [5.41, 5.74) is -0.878. The smallest absolute Gasteiger partial charge is 0.308 e. The second-order valence-electron chi connectivity index (χ2n) is 5.55. The molecule has 20 heavy (non-hydrogen) atoms. The molecule has 8 heteroatoms. The van der Waals surface area contributed by atoms with Gasteiger partial charge in [-0.25, -0.2) is 0 Å². The third-order valence-corrected chi connectivity index (χ3v) is 6.17. The van der Waals surface area contributed by atoms with E-state index in [-0.39, 0.29) is 25.0 Å². The Labute approximate surface area is 119 Å². The highest BCUT2D eigenvalue weighted by atomic mass is 32.2. The van der Waals surface area contributed by atoms with Crippen LogP contribution in [0.1, 0.15) is 26.2 Å². The SMILES string of the molecule is CCC1(O)CN(S(=O)(=O)N2CCC(C(=O)OC)CC2)C1. The van der Waals surface area contributed by atoms with Crippen molar-refractivity contribution < 1.29 is 23.1 Å². The van der Waals surface area contributed by atoms with E-state index in [1.54, 1.807) is 0 Å². The molecule has 0 aromatic rings. The molecule has 0 aromatic carbocycles. The summed E-state index contributed by atoms with van der Waals surface area (Å²) >= 11 is 0. The summed E-state index contributed by atoms with van der Waals surface area (Å²) < 4.78 is 32.1. The Morgan fingerprint density at radius 2 is 1.85 bits per heavy atom. The number of piperidine rings is 1. The van der Waals surface area contributed by atoms with E-state index in [0.29, 0.717) is 32.4 Å². The van der Waals surface area contributed by atoms with Gasteiger partial charge in [0.1, 0.15) is 0 Å². The topological polar surface area (TPSA) is 87.2 Å². The molecule has 0 aliphatic carbocycles. The Balaban J connectivity index is 1.92. The third kappa shape index (κ3) is 2.83. The molecule has 0 bridgehead atoms. The molecule has 7 nitrogen and oxygen atoms in total. The van der Waals surface area contributed by atoms with E-state index in [2.05, 4.69) is 4.74 Å². The molecule has 0 atom stereocenters. The number of methoxy groups -OCH3 is 1. The van der Waals surface area contributed by atoms with E-state index >= 15 is 0 Å². The second-order valence-corrected chi connectivity index (χ2v) is 7.48. The van der Waals surface area contributed by atoms with Crippen molar-refractivity contribution >= 4 is 16.2 Å². The van der Waals surface area contributed by atoms with Gasteiger partial charge in [-0.3, -0.25) is 4.79 Å². The highest BCUT2D eigenvalue weighted by Crippen LogP contribution is 2.30. The van der Waals surface area contributed by atoms with Gasteiger partial charge in [0.05, 0.1) is 18.6 Å². The summed E-state index contributed by atoms with van der Waals surface area (Å²) in [5, 5.41) is 9.91. The first-order chi connectivity index (χ1) is 9.32. The minimum atomic E-state index is -3.51. The molecule has 2 aliphatic heterocycles. The van der Waals surface area contributed by atoms with Gasteiger partial charge in [-0.2, -0.15) is 17.0 Å². The van der Waals surface area contributed by atoms with Crippen molar-refractivity contribution in [2.45, 2.75) is 31.8 Å². The normalized spacial score (nSPS) is 25.1. The maximum atomic E-state index is 12.3. The van der Waals surface area contributed by atoms with E-state index in [1.165, 1.54) is 15.7 Å². The minimum Gasteiger partial charge on any atom is -0.469 e. The highest BCUT2D eigenvalue weighted by Gasteiger charge is 2.48. The first-order valence-electron chi connectivity index (χ1n) is 6.88. The number of nitrogens with zero attached hydrogens (tertiary/aromatic N) is 2. The van der Waals surface area contributed by atoms with Crippen molar-refractivity contribution in [2.75, 3.05) is 33.3 Å². The van der Waals surface area contributed by atoms with Gasteiger partial charge in [0.2, 0.25) is 0 Å². The fourth-order valence-corrected chi connectivity index (χ4v) is 4.45. The molecule has 2 aliphatic rings. The number of β-amino-alcohol motifs (C(OH)–C–C–N with tert-alkyl or cyclic N) is 1. The number of carbonyl (C=O) groups excluding carboxylic acids is 1. The van der Waals surface area contributed by atoms with Crippen LogP contribution in [0.15, 0.2) is 0 Å². The van der Waals surface area contributed by atoms with Crippen LogP contribution in [-0.4, -0.2) is 67.0 Å². The Morgan fingerprint density at radius 3 is 2.30 bits per heavy atom. The quantitative estimate of drug-likeness (QED) is 0.712. The van der Waals surface area contributed by atoms with Crippen LogP contribution in [0.3, 0.4) is 0 Å². The highest BCUT2D eigenvalue weighted by molar-refractivity contribution is 7.86. The summed E-state index contributed by atoms with van der Waals surface area (Å²) in [6.07, 6.45) is 1.51. The lowest BCUT2D eigenvalue weighted by atomic mass is 9.94. The zero-order valence-electron chi connectivity index (χ0n) is 11.9. The molecule has 2 heterocycles. The zero-order valence-corrected chi connectivity index (χ0v) is 12.7.